The fraction of sp³-hybridized carbons (Fsp3) is 0.304. The van der Waals surface area contributed by atoms with Crippen LogP contribution in [0.15, 0.2) is 47.3 Å². The van der Waals surface area contributed by atoms with Gasteiger partial charge in [0.05, 0.1) is 30.3 Å². The van der Waals surface area contributed by atoms with E-state index in [-0.39, 0.29) is 17.0 Å². The van der Waals surface area contributed by atoms with E-state index in [0.717, 1.165) is 35.6 Å². The molecule has 4 rings (SSSR count). The molecule has 0 bridgehead atoms. The van der Waals surface area contributed by atoms with Gasteiger partial charge in [-0.3, -0.25) is 4.79 Å². The van der Waals surface area contributed by atoms with Crippen LogP contribution in [-0.4, -0.2) is 42.4 Å². The van der Waals surface area contributed by atoms with Crippen LogP contribution in [0.25, 0.3) is 10.9 Å². The van der Waals surface area contributed by atoms with Gasteiger partial charge in [-0.25, -0.2) is 4.79 Å². The summed E-state index contributed by atoms with van der Waals surface area (Å²) in [5.41, 5.74) is 3.37. The van der Waals surface area contributed by atoms with Gasteiger partial charge in [-0.05, 0) is 43.2 Å². The van der Waals surface area contributed by atoms with Crippen LogP contribution < -0.4 is 15.6 Å². The molecule has 1 aromatic heterocycles. The first-order valence-corrected chi connectivity index (χ1v) is 10.0. The molecule has 1 fully saturated rings. The van der Waals surface area contributed by atoms with Crippen LogP contribution in [-0.2, 0) is 4.74 Å². The minimum Gasteiger partial charge on any atom is -0.478 e. The monoisotopic (exact) mass is 407 g/mol. The van der Waals surface area contributed by atoms with Crippen molar-refractivity contribution in [3.05, 3.63) is 69.4 Å². The number of carboxylic acid groups (broad SMARTS) is 1. The molecule has 0 aliphatic carbocycles. The van der Waals surface area contributed by atoms with Gasteiger partial charge in [0.2, 0.25) is 0 Å². The number of nitrogens with zero attached hydrogens (tertiary/aromatic N) is 1. The number of fused-ring (bicyclic) bond motifs is 1. The summed E-state index contributed by atoms with van der Waals surface area (Å²) < 4.78 is 5.42. The van der Waals surface area contributed by atoms with Crippen LogP contribution in [0.2, 0.25) is 0 Å². The number of H-pyrrole nitrogens is 1. The maximum atomic E-state index is 12.9. The third kappa shape index (κ3) is 3.89. The Balaban J connectivity index is 1.78. The number of para-hydroxylation sites is 1. The summed E-state index contributed by atoms with van der Waals surface area (Å²) in [6.45, 7) is 6.63. The van der Waals surface area contributed by atoms with Crippen molar-refractivity contribution in [1.82, 2.24) is 4.98 Å². The van der Waals surface area contributed by atoms with E-state index in [1.807, 2.05) is 26.0 Å². The number of hydrogen-bond donors (Lipinski definition) is 3. The number of aromatic amines is 1. The number of nitrogens with one attached hydrogen (secondary N) is 2. The number of aryl methyl sites for hydroxylation is 1. The third-order valence-corrected chi connectivity index (χ3v) is 5.45. The molecule has 0 spiro atoms. The van der Waals surface area contributed by atoms with Gasteiger partial charge in [-0.1, -0.05) is 18.2 Å². The summed E-state index contributed by atoms with van der Waals surface area (Å²) in [6, 6.07) is 12.2. The highest BCUT2D eigenvalue weighted by atomic mass is 16.5. The van der Waals surface area contributed by atoms with E-state index in [4.69, 9.17) is 4.74 Å². The van der Waals surface area contributed by atoms with Crippen molar-refractivity contribution in [3.8, 4) is 0 Å². The Morgan fingerprint density at radius 2 is 1.93 bits per heavy atom. The first-order chi connectivity index (χ1) is 14.4. The summed E-state index contributed by atoms with van der Waals surface area (Å²) >= 11 is 0. The van der Waals surface area contributed by atoms with Crippen LogP contribution >= 0.6 is 0 Å². The standard InChI is InChI=1S/C23H25N3O4/c1-14-11-17(15(2)24-19-6-4-3-5-16(19)23(28)29)22-18(12-14)20(27)13-21(25-22)26-7-9-30-10-8-26/h3-6,11-13,15,24H,7-10H2,1-2H3,(H,25,27)(H,28,29). The summed E-state index contributed by atoms with van der Waals surface area (Å²) in [7, 11) is 0. The minimum absolute atomic E-state index is 0.0340. The van der Waals surface area contributed by atoms with E-state index < -0.39 is 5.97 Å². The van der Waals surface area contributed by atoms with Crippen LogP contribution in [0.3, 0.4) is 0 Å². The van der Waals surface area contributed by atoms with E-state index in [1.165, 1.54) is 0 Å². The smallest absolute Gasteiger partial charge is 0.337 e. The maximum absolute atomic E-state index is 12.9. The molecule has 30 heavy (non-hydrogen) atoms. The molecule has 1 aliphatic rings. The van der Waals surface area contributed by atoms with Crippen molar-refractivity contribution in [2.45, 2.75) is 19.9 Å². The van der Waals surface area contributed by atoms with E-state index in [1.54, 1.807) is 30.3 Å². The largest absolute Gasteiger partial charge is 0.478 e. The van der Waals surface area contributed by atoms with Gasteiger partial charge < -0.3 is 25.0 Å². The zero-order valence-corrected chi connectivity index (χ0v) is 17.1. The maximum Gasteiger partial charge on any atom is 0.337 e. The predicted octanol–water partition coefficient (Wildman–Crippen LogP) is 3.54. The number of hydrogen-bond acceptors (Lipinski definition) is 5. The van der Waals surface area contributed by atoms with E-state index in [2.05, 4.69) is 15.2 Å². The number of morpholine rings is 1. The second-order valence-corrected chi connectivity index (χ2v) is 7.61. The average Bonchev–Trinajstić information content (AvgIpc) is 2.74. The number of carboxylic acids is 1. The Kier molecular flexibility index (Phi) is 5.46. The van der Waals surface area contributed by atoms with Crippen molar-refractivity contribution >= 4 is 28.4 Å². The lowest BCUT2D eigenvalue weighted by Gasteiger charge is -2.29. The quantitative estimate of drug-likeness (QED) is 0.599. The number of aromatic nitrogens is 1. The molecule has 7 heteroatoms. The van der Waals surface area contributed by atoms with Gasteiger partial charge in [0, 0.05) is 30.2 Å². The molecular formula is C23H25N3O4. The summed E-state index contributed by atoms with van der Waals surface area (Å²) in [6.07, 6.45) is 0. The first kappa shape index (κ1) is 20.0. The molecule has 0 radical (unpaired) electrons. The van der Waals surface area contributed by atoms with Gasteiger partial charge in [0.1, 0.15) is 5.82 Å². The molecule has 1 unspecified atom stereocenters. The number of ether oxygens (including phenoxy) is 1. The predicted molar refractivity (Wildman–Crippen MR) is 118 cm³/mol. The summed E-state index contributed by atoms with van der Waals surface area (Å²) in [4.78, 5) is 30.0. The lowest BCUT2D eigenvalue weighted by atomic mass is 9.99. The zero-order chi connectivity index (χ0) is 21.3. The first-order valence-electron chi connectivity index (χ1n) is 10.0. The van der Waals surface area contributed by atoms with Crippen molar-refractivity contribution in [2.75, 3.05) is 36.5 Å². The van der Waals surface area contributed by atoms with E-state index >= 15 is 0 Å². The molecule has 156 valence electrons. The van der Waals surface area contributed by atoms with Crippen LogP contribution in [0.4, 0.5) is 11.5 Å². The molecule has 3 N–H and O–H groups in total. The molecule has 3 aromatic rings. The molecule has 1 saturated heterocycles. The van der Waals surface area contributed by atoms with Crippen LogP contribution in [0.1, 0.15) is 34.5 Å². The number of rotatable bonds is 5. The minimum atomic E-state index is -0.984. The van der Waals surface area contributed by atoms with Crippen molar-refractivity contribution in [2.24, 2.45) is 0 Å². The topological polar surface area (TPSA) is 94.7 Å². The number of benzene rings is 2. The fourth-order valence-corrected chi connectivity index (χ4v) is 3.94. The number of carbonyl (C=O) groups is 1. The number of aromatic carboxylic acids is 1. The molecule has 2 heterocycles. The highest BCUT2D eigenvalue weighted by Crippen LogP contribution is 2.29. The van der Waals surface area contributed by atoms with Crippen LogP contribution in [0.5, 0.6) is 0 Å². The average molecular weight is 407 g/mol. The molecule has 2 aromatic carbocycles. The van der Waals surface area contributed by atoms with Gasteiger partial charge >= 0.3 is 5.97 Å². The fourth-order valence-electron chi connectivity index (χ4n) is 3.94. The van der Waals surface area contributed by atoms with Gasteiger partial charge in [-0.15, -0.1) is 0 Å². The number of anilines is 2. The highest BCUT2D eigenvalue weighted by molar-refractivity contribution is 5.94. The Labute approximate surface area is 174 Å². The Bertz CT molecular complexity index is 1150. The van der Waals surface area contributed by atoms with Crippen molar-refractivity contribution in [1.29, 1.82) is 0 Å². The number of pyridine rings is 1. The van der Waals surface area contributed by atoms with Crippen molar-refractivity contribution < 1.29 is 14.6 Å². The van der Waals surface area contributed by atoms with E-state index in [9.17, 15) is 14.7 Å². The molecular weight excluding hydrogens is 382 g/mol. The lowest BCUT2D eigenvalue weighted by molar-refractivity contribution is 0.0698. The zero-order valence-electron chi connectivity index (χ0n) is 17.1. The normalized spacial score (nSPS) is 15.2. The Morgan fingerprint density at radius 1 is 1.20 bits per heavy atom. The SMILES string of the molecule is Cc1cc(C(C)Nc2ccccc2C(=O)O)c2[nH]c(N3CCOCC3)cc(=O)c2c1. The Morgan fingerprint density at radius 3 is 2.67 bits per heavy atom. The van der Waals surface area contributed by atoms with Gasteiger partial charge in [0.15, 0.2) is 5.43 Å². The van der Waals surface area contributed by atoms with Crippen molar-refractivity contribution in [3.63, 3.8) is 0 Å². The second kappa shape index (κ2) is 8.20. The lowest BCUT2D eigenvalue weighted by Crippen LogP contribution is -2.37. The summed E-state index contributed by atoms with van der Waals surface area (Å²) in [5.74, 6) is -0.207. The van der Waals surface area contributed by atoms with E-state index in [0.29, 0.717) is 24.3 Å². The Hall–Kier alpha value is -3.32. The molecule has 0 amide bonds. The second-order valence-electron chi connectivity index (χ2n) is 7.61. The highest BCUT2D eigenvalue weighted by Gasteiger charge is 2.18. The molecule has 0 saturated carbocycles. The third-order valence-electron chi connectivity index (χ3n) is 5.45. The summed E-state index contributed by atoms with van der Waals surface area (Å²) in [5, 5.41) is 13.4. The van der Waals surface area contributed by atoms with Gasteiger partial charge in [-0.2, -0.15) is 0 Å². The van der Waals surface area contributed by atoms with Gasteiger partial charge in [0.25, 0.3) is 0 Å². The van der Waals surface area contributed by atoms with Crippen LogP contribution in [0, 0.1) is 6.92 Å². The molecule has 1 atom stereocenters. The molecule has 7 nitrogen and oxygen atoms in total. The molecule has 1 aliphatic heterocycles.